The van der Waals surface area contributed by atoms with E-state index in [2.05, 4.69) is 27.7 Å². The van der Waals surface area contributed by atoms with Crippen LogP contribution in [0.2, 0.25) is 0 Å². The number of carbonyl (C=O) groups excluding carboxylic acids is 2. The molecule has 7 nitrogen and oxygen atoms in total. The number of benzene rings is 1. The van der Waals surface area contributed by atoms with Crippen LogP contribution < -0.4 is 10.6 Å². The lowest BCUT2D eigenvalue weighted by Gasteiger charge is -2.26. The second-order valence-corrected chi connectivity index (χ2v) is 6.49. The van der Waals surface area contributed by atoms with Gasteiger partial charge < -0.3 is 20.3 Å². The van der Waals surface area contributed by atoms with Crippen LogP contribution in [0.3, 0.4) is 0 Å². The predicted octanol–water partition coefficient (Wildman–Crippen LogP) is 0.795. The first-order chi connectivity index (χ1) is 12.0. The lowest BCUT2D eigenvalue weighted by molar-refractivity contribution is -0.130. The van der Waals surface area contributed by atoms with Crippen molar-refractivity contribution in [2.45, 2.75) is 26.1 Å². The topological polar surface area (TPSA) is 73.9 Å². The van der Waals surface area contributed by atoms with Gasteiger partial charge in [0, 0.05) is 40.3 Å². The van der Waals surface area contributed by atoms with Gasteiger partial charge in [-0.3, -0.25) is 9.69 Å². The number of rotatable bonds is 6. The first-order valence-electron chi connectivity index (χ1n) is 8.59. The van der Waals surface area contributed by atoms with Crippen molar-refractivity contribution in [3.05, 3.63) is 35.4 Å². The lowest BCUT2D eigenvalue weighted by Crippen LogP contribution is -2.47. The average molecular weight is 348 g/mol. The molecule has 1 aromatic carbocycles. The van der Waals surface area contributed by atoms with Gasteiger partial charge in [-0.1, -0.05) is 24.3 Å². The van der Waals surface area contributed by atoms with Crippen LogP contribution >= 0.6 is 0 Å². The van der Waals surface area contributed by atoms with Crippen molar-refractivity contribution in [1.29, 1.82) is 0 Å². The van der Waals surface area contributed by atoms with Gasteiger partial charge in [-0.2, -0.15) is 0 Å². The van der Waals surface area contributed by atoms with E-state index < -0.39 is 6.04 Å². The van der Waals surface area contributed by atoms with Crippen molar-refractivity contribution < 1.29 is 14.3 Å². The molecule has 0 radical (unpaired) electrons. The third-order valence-electron chi connectivity index (χ3n) is 4.11. The summed E-state index contributed by atoms with van der Waals surface area (Å²) in [5.74, 6) is -0.136. The van der Waals surface area contributed by atoms with Crippen LogP contribution in [0.25, 0.3) is 0 Å². The van der Waals surface area contributed by atoms with Crippen molar-refractivity contribution in [3.8, 4) is 0 Å². The van der Waals surface area contributed by atoms with Crippen molar-refractivity contribution in [1.82, 2.24) is 20.4 Å². The summed E-state index contributed by atoms with van der Waals surface area (Å²) in [6, 6.07) is 7.28. The Morgan fingerprint density at radius 3 is 2.60 bits per heavy atom. The van der Waals surface area contributed by atoms with E-state index in [-0.39, 0.29) is 11.9 Å². The van der Waals surface area contributed by atoms with Crippen LogP contribution in [-0.4, -0.2) is 68.2 Å². The molecule has 2 rings (SSSR count). The molecule has 2 N–H and O–H groups in total. The summed E-state index contributed by atoms with van der Waals surface area (Å²) >= 11 is 0. The minimum absolute atomic E-state index is 0.136. The Labute approximate surface area is 149 Å². The number of nitrogens with one attached hydrogen (secondary N) is 2. The van der Waals surface area contributed by atoms with E-state index in [0.29, 0.717) is 6.54 Å². The van der Waals surface area contributed by atoms with Crippen LogP contribution in [0.4, 0.5) is 4.79 Å². The Morgan fingerprint density at radius 1 is 1.24 bits per heavy atom. The van der Waals surface area contributed by atoms with Crippen molar-refractivity contribution in [3.63, 3.8) is 0 Å². The summed E-state index contributed by atoms with van der Waals surface area (Å²) in [4.78, 5) is 27.5. The van der Waals surface area contributed by atoms with Crippen molar-refractivity contribution in [2.75, 3.05) is 40.4 Å². The van der Waals surface area contributed by atoms with Gasteiger partial charge in [0.25, 0.3) is 0 Å². The number of likely N-dealkylation sites (N-methyl/N-ethyl adjacent to an activating group) is 1. The van der Waals surface area contributed by atoms with Crippen LogP contribution in [0.15, 0.2) is 24.3 Å². The van der Waals surface area contributed by atoms with Crippen molar-refractivity contribution >= 4 is 11.9 Å². The van der Waals surface area contributed by atoms with E-state index in [4.69, 9.17) is 4.74 Å². The Kier molecular flexibility index (Phi) is 7.21. The van der Waals surface area contributed by atoms with Crippen LogP contribution in [0.5, 0.6) is 0 Å². The van der Waals surface area contributed by atoms with Gasteiger partial charge in [0.15, 0.2) is 0 Å². The molecule has 0 spiro atoms. The van der Waals surface area contributed by atoms with Gasteiger partial charge in [0.1, 0.15) is 6.04 Å². The first kappa shape index (κ1) is 19.2. The third kappa shape index (κ3) is 6.36. The number of hydrogen-bond acceptors (Lipinski definition) is 4. The lowest BCUT2D eigenvalue weighted by atomic mass is 10.1. The SMILES string of the molecule is CC(NC(=O)NCc1cccc(CN2CCOCC2)c1)C(=O)N(C)C. The fourth-order valence-electron chi connectivity index (χ4n) is 2.73. The maximum atomic E-state index is 11.9. The molecule has 7 heteroatoms. The second-order valence-electron chi connectivity index (χ2n) is 6.49. The molecule has 1 aliphatic rings. The van der Waals surface area contributed by atoms with Crippen molar-refractivity contribution in [2.24, 2.45) is 0 Å². The average Bonchev–Trinajstić information content (AvgIpc) is 2.60. The number of urea groups is 1. The Bertz CT molecular complexity index is 585. The van der Waals surface area contributed by atoms with Gasteiger partial charge in [-0.25, -0.2) is 4.79 Å². The highest BCUT2D eigenvalue weighted by Crippen LogP contribution is 2.10. The smallest absolute Gasteiger partial charge is 0.315 e. The first-order valence-corrected chi connectivity index (χ1v) is 8.59. The summed E-state index contributed by atoms with van der Waals surface area (Å²) in [7, 11) is 3.33. The summed E-state index contributed by atoms with van der Waals surface area (Å²) < 4.78 is 5.37. The fraction of sp³-hybridized carbons (Fsp3) is 0.556. The number of morpholine rings is 1. The van der Waals surface area contributed by atoms with Crippen LogP contribution in [0, 0.1) is 0 Å². The standard InChI is InChI=1S/C18H28N4O3/c1-14(17(23)21(2)3)20-18(24)19-12-15-5-4-6-16(11-15)13-22-7-9-25-10-8-22/h4-6,11,14H,7-10,12-13H2,1-3H3,(H2,19,20,24). The molecule has 1 aliphatic heterocycles. The molecular weight excluding hydrogens is 320 g/mol. The predicted molar refractivity (Wildman–Crippen MR) is 96.1 cm³/mol. The minimum Gasteiger partial charge on any atom is -0.379 e. The Morgan fingerprint density at radius 2 is 1.92 bits per heavy atom. The molecule has 138 valence electrons. The minimum atomic E-state index is -0.553. The molecule has 1 unspecified atom stereocenters. The molecule has 1 aromatic rings. The molecule has 1 saturated heterocycles. The third-order valence-corrected chi connectivity index (χ3v) is 4.11. The van der Waals surface area contributed by atoms with E-state index >= 15 is 0 Å². The highest BCUT2D eigenvalue weighted by Gasteiger charge is 2.16. The van der Waals surface area contributed by atoms with Crippen LogP contribution in [0.1, 0.15) is 18.1 Å². The number of amides is 3. The zero-order valence-electron chi connectivity index (χ0n) is 15.2. The van der Waals surface area contributed by atoms with Gasteiger partial charge in [0.05, 0.1) is 13.2 Å². The van der Waals surface area contributed by atoms with E-state index in [1.165, 1.54) is 10.5 Å². The Hall–Kier alpha value is -2.12. The largest absolute Gasteiger partial charge is 0.379 e. The van der Waals surface area contributed by atoms with E-state index in [9.17, 15) is 9.59 Å². The highest BCUT2D eigenvalue weighted by molar-refractivity contribution is 5.86. The quantitative estimate of drug-likeness (QED) is 0.797. The number of carbonyl (C=O) groups is 2. The molecule has 3 amide bonds. The fourth-order valence-corrected chi connectivity index (χ4v) is 2.73. The van der Waals surface area contributed by atoms with Gasteiger partial charge in [-0.05, 0) is 18.1 Å². The summed E-state index contributed by atoms with van der Waals surface area (Å²) in [6.07, 6.45) is 0. The number of nitrogens with zero attached hydrogens (tertiary/aromatic N) is 2. The zero-order chi connectivity index (χ0) is 18.2. The van der Waals surface area contributed by atoms with E-state index in [1.54, 1.807) is 21.0 Å². The Balaban J connectivity index is 1.81. The number of ether oxygens (including phenoxy) is 1. The summed E-state index contributed by atoms with van der Waals surface area (Å²) in [5, 5.41) is 5.45. The van der Waals surface area contributed by atoms with E-state index in [1.807, 2.05) is 12.1 Å². The zero-order valence-corrected chi connectivity index (χ0v) is 15.2. The molecular formula is C18H28N4O3. The van der Waals surface area contributed by atoms with Gasteiger partial charge in [-0.15, -0.1) is 0 Å². The maximum Gasteiger partial charge on any atom is 0.315 e. The van der Waals surface area contributed by atoms with Gasteiger partial charge >= 0.3 is 6.03 Å². The molecule has 25 heavy (non-hydrogen) atoms. The summed E-state index contributed by atoms with van der Waals surface area (Å²) in [5.41, 5.74) is 2.25. The number of hydrogen-bond donors (Lipinski definition) is 2. The van der Waals surface area contributed by atoms with Crippen LogP contribution in [-0.2, 0) is 22.6 Å². The molecule has 1 atom stereocenters. The maximum absolute atomic E-state index is 11.9. The molecule has 0 bridgehead atoms. The van der Waals surface area contributed by atoms with Gasteiger partial charge in [0.2, 0.25) is 5.91 Å². The molecule has 1 heterocycles. The normalized spacial score (nSPS) is 16.1. The second kappa shape index (κ2) is 9.39. The van der Waals surface area contributed by atoms with E-state index in [0.717, 1.165) is 38.4 Å². The monoisotopic (exact) mass is 348 g/mol. The molecule has 0 saturated carbocycles. The highest BCUT2D eigenvalue weighted by atomic mass is 16.5. The molecule has 0 aromatic heterocycles. The molecule has 0 aliphatic carbocycles. The summed E-state index contributed by atoms with van der Waals surface area (Å²) in [6.45, 7) is 6.44. The molecule has 1 fully saturated rings.